The fourth-order valence-corrected chi connectivity index (χ4v) is 9.64. The van der Waals surface area contributed by atoms with Crippen molar-refractivity contribution in [1.82, 2.24) is 5.32 Å². The number of ether oxygens (including phenoxy) is 1. The largest absolute Gasteiger partial charge is 0.466 e. The number of unbranched alkanes of at least 4 members (excludes halogenated alkanes) is 44. The fraction of sp³-hybridized carbons (Fsp3) is 0.934. The molecular weight excluding hydrogens is 827 g/mol. The van der Waals surface area contributed by atoms with Gasteiger partial charge in [0, 0.05) is 12.8 Å². The second-order valence-electron chi connectivity index (χ2n) is 21.0. The molecule has 0 rings (SSSR count). The van der Waals surface area contributed by atoms with Crippen LogP contribution in [0.5, 0.6) is 0 Å². The zero-order valence-corrected chi connectivity index (χ0v) is 45.4. The van der Waals surface area contributed by atoms with Crippen molar-refractivity contribution in [3.8, 4) is 0 Å². The molecule has 0 fully saturated rings. The molecule has 0 bridgehead atoms. The SMILES string of the molecule is CCCCCCCCCCCCCCCCCCCCCCCCCCCC(O)C(CO)NC(=O)CCCCCC/C=C\CCCCOC(=O)CCCCCCCCCCCCCCCCC. The Bertz CT molecular complexity index is 1000. The summed E-state index contributed by atoms with van der Waals surface area (Å²) in [5, 5.41) is 23.3. The molecule has 0 aromatic carbocycles. The van der Waals surface area contributed by atoms with E-state index in [-0.39, 0.29) is 18.5 Å². The summed E-state index contributed by atoms with van der Waals surface area (Å²) in [7, 11) is 0. The monoisotopic (exact) mass is 946 g/mol. The molecule has 0 saturated heterocycles. The Morgan fingerprint density at radius 2 is 0.701 bits per heavy atom. The number of aliphatic hydroxyl groups is 2. The molecule has 2 atom stereocenters. The summed E-state index contributed by atoms with van der Waals surface area (Å²) < 4.78 is 5.45. The molecule has 0 aliphatic rings. The lowest BCUT2D eigenvalue weighted by atomic mass is 10.0. The number of hydrogen-bond acceptors (Lipinski definition) is 5. The van der Waals surface area contributed by atoms with Crippen LogP contribution in [0.25, 0.3) is 0 Å². The van der Waals surface area contributed by atoms with Gasteiger partial charge in [-0.05, 0) is 51.4 Å². The van der Waals surface area contributed by atoms with Gasteiger partial charge in [0.05, 0.1) is 25.4 Å². The predicted molar refractivity (Wildman–Crippen MR) is 292 cm³/mol. The van der Waals surface area contributed by atoms with Crippen molar-refractivity contribution in [2.24, 2.45) is 0 Å². The van der Waals surface area contributed by atoms with Crippen LogP contribution in [-0.4, -0.2) is 47.4 Å². The van der Waals surface area contributed by atoms with Gasteiger partial charge >= 0.3 is 5.97 Å². The standard InChI is InChI=1S/C61H119NO5/c1-3-5-7-9-11-13-15-17-19-20-21-22-23-24-25-26-27-28-30-31-33-37-41-45-49-53-59(64)58(57-63)62-60(65)54-50-46-42-38-35-36-40-44-48-52-56-67-61(66)55-51-47-43-39-34-32-29-18-16-14-12-10-8-6-4-2/h36,40,58-59,63-64H,3-35,37-39,41-57H2,1-2H3,(H,62,65)/b40-36-. The minimum atomic E-state index is -0.686. The molecule has 2 unspecified atom stereocenters. The third kappa shape index (κ3) is 53.8. The van der Waals surface area contributed by atoms with Crippen molar-refractivity contribution in [2.45, 2.75) is 353 Å². The Hall–Kier alpha value is -1.40. The van der Waals surface area contributed by atoms with E-state index in [4.69, 9.17) is 4.74 Å². The van der Waals surface area contributed by atoms with Gasteiger partial charge in [-0.25, -0.2) is 0 Å². The molecule has 67 heavy (non-hydrogen) atoms. The average Bonchev–Trinajstić information content (AvgIpc) is 3.33. The van der Waals surface area contributed by atoms with E-state index in [2.05, 4.69) is 31.3 Å². The third-order valence-electron chi connectivity index (χ3n) is 14.3. The van der Waals surface area contributed by atoms with E-state index >= 15 is 0 Å². The minimum absolute atomic E-state index is 0.0320. The summed E-state index contributed by atoms with van der Waals surface area (Å²) in [5.74, 6) is -0.0982. The molecule has 6 heteroatoms. The van der Waals surface area contributed by atoms with Crippen molar-refractivity contribution in [3.63, 3.8) is 0 Å². The summed E-state index contributed by atoms with van der Waals surface area (Å²) in [5.41, 5.74) is 0. The summed E-state index contributed by atoms with van der Waals surface area (Å²) in [4.78, 5) is 24.6. The van der Waals surface area contributed by atoms with E-state index in [1.165, 1.54) is 231 Å². The number of carbonyl (C=O) groups is 2. The normalized spacial score (nSPS) is 12.6. The van der Waals surface area contributed by atoms with Crippen LogP contribution in [0.2, 0.25) is 0 Å². The number of hydrogen-bond donors (Lipinski definition) is 3. The molecule has 3 N–H and O–H groups in total. The second kappa shape index (κ2) is 57.2. The maximum atomic E-state index is 12.5. The lowest BCUT2D eigenvalue weighted by molar-refractivity contribution is -0.143. The van der Waals surface area contributed by atoms with Crippen molar-refractivity contribution in [1.29, 1.82) is 0 Å². The van der Waals surface area contributed by atoms with E-state index in [1.807, 2.05) is 0 Å². The van der Waals surface area contributed by atoms with Crippen molar-refractivity contribution in [3.05, 3.63) is 12.2 Å². The van der Waals surface area contributed by atoms with E-state index in [1.54, 1.807) is 0 Å². The number of aliphatic hydroxyl groups excluding tert-OH is 2. The number of nitrogens with one attached hydrogen (secondary N) is 1. The minimum Gasteiger partial charge on any atom is -0.466 e. The molecular formula is C61H119NO5. The van der Waals surface area contributed by atoms with Crippen LogP contribution in [0.4, 0.5) is 0 Å². The molecule has 0 saturated carbocycles. The lowest BCUT2D eigenvalue weighted by Crippen LogP contribution is -2.45. The highest BCUT2D eigenvalue weighted by molar-refractivity contribution is 5.76. The highest BCUT2D eigenvalue weighted by Crippen LogP contribution is 2.18. The van der Waals surface area contributed by atoms with E-state index in [9.17, 15) is 19.8 Å². The topological polar surface area (TPSA) is 95.9 Å². The smallest absolute Gasteiger partial charge is 0.305 e. The van der Waals surface area contributed by atoms with Crippen LogP contribution in [0.1, 0.15) is 341 Å². The van der Waals surface area contributed by atoms with Gasteiger partial charge in [-0.2, -0.15) is 0 Å². The molecule has 6 nitrogen and oxygen atoms in total. The molecule has 0 spiro atoms. The Balaban J connectivity index is 3.48. The van der Waals surface area contributed by atoms with Crippen molar-refractivity contribution < 1.29 is 24.5 Å². The summed E-state index contributed by atoms with van der Waals surface area (Å²) in [6, 6.07) is -0.567. The van der Waals surface area contributed by atoms with Gasteiger partial charge in [0.25, 0.3) is 0 Å². The van der Waals surface area contributed by atoms with Crippen LogP contribution in [0, 0.1) is 0 Å². The number of allylic oxidation sites excluding steroid dienone is 2. The Labute approximate surface area is 419 Å². The number of carbonyl (C=O) groups excluding carboxylic acids is 2. The van der Waals surface area contributed by atoms with Gasteiger partial charge < -0.3 is 20.3 Å². The molecule has 0 aliphatic carbocycles. The van der Waals surface area contributed by atoms with E-state index in [0.717, 1.165) is 77.0 Å². The van der Waals surface area contributed by atoms with Crippen molar-refractivity contribution >= 4 is 11.9 Å². The first-order valence-corrected chi connectivity index (χ1v) is 30.4. The highest BCUT2D eigenvalue weighted by Gasteiger charge is 2.20. The maximum Gasteiger partial charge on any atom is 0.305 e. The van der Waals surface area contributed by atoms with Crippen LogP contribution in [0.3, 0.4) is 0 Å². The highest BCUT2D eigenvalue weighted by atomic mass is 16.5. The quantitative estimate of drug-likeness (QED) is 0.0321. The molecule has 1 amide bonds. The fourth-order valence-electron chi connectivity index (χ4n) is 9.64. The van der Waals surface area contributed by atoms with Gasteiger partial charge in [0.15, 0.2) is 0 Å². The van der Waals surface area contributed by atoms with Gasteiger partial charge in [-0.1, -0.05) is 289 Å². The zero-order valence-electron chi connectivity index (χ0n) is 45.4. The Morgan fingerprint density at radius 3 is 1.06 bits per heavy atom. The van der Waals surface area contributed by atoms with E-state index in [0.29, 0.717) is 25.9 Å². The maximum absolute atomic E-state index is 12.5. The average molecular weight is 947 g/mol. The summed E-state index contributed by atoms with van der Waals surface area (Å²) >= 11 is 0. The first-order chi connectivity index (χ1) is 33.0. The number of rotatable bonds is 57. The predicted octanol–water partition coefficient (Wildman–Crippen LogP) is 18.9. The second-order valence-corrected chi connectivity index (χ2v) is 21.0. The lowest BCUT2D eigenvalue weighted by Gasteiger charge is -2.22. The zero-order chi connectivity index (χ0) is 48.6. The Morgan fingerprint density at radius 1 is 0.403 bits per heavy atom. The molecule has 0 aliphatic heterocycles. The van der Waals surface area contributed by atoms with Crippen LogP contribution in [0.15, 0.2) is 12.2 Å². The molecule has 0 heterocycles. The molecule has 398 valence electrons. The molecule has 0 aromatic heterocycles. The molecule has 0 aromatic rings. The number of esters is 1. The van der Waals surface area contributed by atoms with Gasteiger partial charge in [0.1, 0.15) is 0 Å². The van der Waals surface area contributed by atoms with Gasteiger partial charge in [-0.3, -0.25) is 9.59 Å². The van der Waals surface area contributed by atoms with E-state index < -0.39 is 12.1 Å². The summed E-state index contributed by atoms with van der Waals surface area (Å²) in [6.45, 7) is 4.90. The van der Waals surface area contributed by atoms with Crippen molar-refractivity contribution in [2.75, 3.05) is 13.2 Å². The first kappa shape index (κ1) is 65.6. The summed E-state index contributed by atoms with van der Waals surface area (Å²) in [6.07, 6.45) is 67.9. The Kier molecular flexibility index (Phi) is 56.0. The first-order valence-electron chi connectivity index (χ1n) is 30.4. The van der Waals surface area contributed by atoms with Crippen LogP contribution >= 0.6 is 0 Å². The van der Waals surface area contributed by atoms with Crippen LogP contribution < -0.4 is 5.32 Å². The van der Waals surface area contributed by atoms with Crippen LogP contribution in [-0.2, 0) is 14.3 Å². The van der Waals surface area contributed by atoms with Gasteiger partial charge in [0.2, 0.25) is 5.91 Å². The third-order valence-corrected chi connectivity index (χ3v) is 14.3. The number of amides is 1. The van der Waals surface area contributed by atoms with Gasteiger partial charge in [-0.15, -0.1) is 0 Å². The molecule has 0 radical (unpaired) electrons.